The van der Waals surface area contributed by atoms with Crippen LogP contribution in [0.2, 0.25) is 5.02 Å². The molecule has 4 aliphatic rings. The van der Waals surface area contributed by atoms with Gasteiger partial charge in [0.2, 0.25) is 23.6 Å². The molecular formula is C41H42ClN9O6S. The molecule has 8 rings (SSSR count). The monoisotopic (exact) mass is 823 g/mol. The molecule has 0 saturated carbocycles. The van der Waals surface area contributed by atoms with Crippen LogP contribution in [0.3, 0.4) is 0 Å². The number of amides is 5. The van der Waals surface area contributed by atoms with Crippen LogP contribution in [0.15, 0.2) is 47.5 Å². The number of piperazine rings is 1. The van der Waals surface area contributed by atoms with E-state index in [0.29, 0.717) is 53.8 Å². The number of fused-ring (bicyclic) bond motifs is 4. The largest absolute Gasteiger partial charge is 0.340 e. The van der Waals surface area contributed by atoms with Gasteiger partial charge in [0.15, 0.2) is 5.82 Å². The molecule has 5 amide bonds. The highest BCUT2D eigenvalue weighted by atomic mass is 35.5. The number of halogens is 1. The van der Waals surface area contributed by atoms with Crippen molar-refractivity contribution in [3.05, 3.63) is 91.8 Å². The highest BCUT2D eigenvalue weighted by molar-refractivity contribution is 7.15. The second-order valence-corrected chi connectivity index (χ2v) is 16.7. The Morgan fingerprint density at radius 1 is 0.966 bits per heavy atom. The number of nitrogens with one attached hydrogen (secondary N) is 2. The summed E-state index contributed by atoms with van der Waals surface area (Å²) in [5.41, 5.74) is 5.23. The van der Waals surface area contributed by atoms with Gasteiger partial charge >= 0.3 is 0 Å². The highest BCUT2D eigenvalue weighted by Crippen LogP contribution is 2.40. The quantitative estimate of drug-likeness (QED) is 0.223. The summed E-state index contributed by atoms with van der Waals surface area (Å²) in [5.74, 6) is -0.391. The lowest BCUT2D eigenvalue weighted by atomic mass is 9.99. The van der Waals surface area contributed by atoms with Gasteiger partial charge in [0.1, 0.15) is 28.7 Å². The van der Waals surface area contributed by atoms with Gasteiger partial charge < -0.3 is 15.1 Å². The van der Waals surface area contributed by atoms with Gasteiger partial charge in [-0.25, -0.2) is 0 Å². The van der Waals surface area contributed by atoms with E-state index in [1.807, 2.05) is 40.7 Å². The van der Waals surface area contributed by atoms with Crippen LogP contribution < -0.4 is 10.6 Å². The molecule has 2 atom stereocenters. The predicted octanol–water partition coefficient (Wildman–Crippen LogP) is 4.08. The molecule has 0 aliphatic carbocycles. The van der Waals surface area contributed by atoms with Crippen LogP contribution in [0.4, 0.5) is 5.69 Å². The lowest BCUT2D eigenvalue weighted by Gasteiger charge is -2.34. The fraction of sp³-hybridized carbons (Fsp3) is 0.390. The van der Waals surface area contributed by atoms with Crippen LogP contribution in [0.1, 0.15) is 87.3 Å². The Bertz CT molecular complexity index is 2400. The number of hydrogen-bond donors (Lipinski definition) is 2. The fourth-order valence-corrected chi connectivity index (χ4v) is 9.45. The second kappa shape index (κ2) is 16.0. The zero-order valence-electron chi connectivity index (χ0n) is 32.3. The molecule has 2 fully saturated rings. The molecule has 17 heteroatoms. The van der Waals surface area contributed by atoms with Gasteiger partial charge in [-0.15, -0.1) is 21.5 Å². The number of carbonyl (C=O) groups is 6. The minimum Gasteiger partial charge on any atom is -0.340 e. The summed E-state index contributed by atoms with van der Waals surface area (Å²) in [6.45, 7) is 8.26. The number of aliphatic imine (C=N–C) groups is 1. The van der Waals surface area contributed by atoms with Crippen molar-refractivity contribution in [3.8, 4) is 5.00 Å². The maximum absolute atomic E-state index is 13.7. The molecule has 4 aromatic rings. The molecule has 6 heterocycles. The first-order valence-electron chi connectivity index (χ1n) is 19.3. The average molecular weight is 824 g/mol. The summed E-state index contributed by atoms with van der Waals surface area (Å²) < 4.78 is 2.03. The molecule has 300 valence electrons. The minimum absolute atomic E-state index is 0.000315. The number of aromatic nitrogens is 3. The van der Waals surface area contributed by atoms with E-state index in [9.17, 15) is 28.8 Å². The van der Waals surface area contributed by atoms with E-state index in [1.54, 1.807) is 34.4 Å². The molecule has 15 nitrogen and oxygen atoms in total. The highest BCUT2D eigenvalue weighted by Gasteiger charge is 2.40. The lowest BCUT2D eigenvalue weighted by molar-refractivity contribution is -0.137. The van der Waals surface area contributed by atoms with E-state index in [4.69, 9.17) is 16.6 Å². The van der Waals surface area contributed by atoms with Crippen LogP contribution >= 0.6 is 22.9 Å². The molecule has 4 aliphatic heterocycles. The maximum atomic E-state index is 13.7. The number of thiophene rings is 1. The molecule has 0 spiro atoms. The molecule has 1 unspecified atom stereocenters. The fourth-order valence-electron chi connectivity index (χ4n) is 8.11. The number of aryl methyl sites for hydroxylation is 2. The molecule has 0 radical (unpaired) electrons. The van der Waals surface area contributed by atoms with Gasteiger partial charge in [-0.2, -0.15) is 0 Å². The summed E-state index contributed by atoms with van der Waals surface area (Å²) in [6, 6.07) is 11.2. The Hall–Kier alpha value is -5.58. The number of nitrogens with zero attached hydrogens (tertiary/aromatic N) is 7. The van der Waals surface area contributed by atoms with Gasteiger partial charge in [-0.05, 0) is 57.0 Å². The number of carbonyl (C=O) groups excluding carboxylic acids is 6. The number of piperidine rings is 1. The zero-order valence-corrected chi connectivity index (χ0v) is 33.9. The van der Waals surface area contributed by atoms with Gasteiger partial charge in [0.25, 0.3) is 5.91 Å². The van der Waals surface area contributed by atoms with Crippen LogP contribution in [0.25, 0.3) is 5.00 Å². The van der Waals surface area contributed by atoms with Crippen molar-refractivity contribution in [2.24, 2.45) is 4.99 Å². The summed E-state index contributed by atoms with van der Waals surface area (Å²) in [5, 5.41) is 15.6. The third kappa shape index (κ3) is 7.58. The molecule has 2 N–H and O–H groups in total. The van der Waals surface area contributed by atoms with Crippen LogP contribution in [-0.4, -0.2) is 109 Å². The molecule has 2 saturated heterocycles. The first-order chi connectivity index (χ1) is 27.9. The van der Waals surface area contributed by atoms with Gasteiger partial charge in [-0.1, -0.05) is 29.8 Å². The van der Waals surface area contributed by atoms with Gasteiger partial charge in [0, 0.05) is 96.2 Å². The van der Waals surface area contributed by atoms with Crippen molar-refractivity contribution in [2.75, 3.05) is 38.0 Å². The third-order valence-corrected chi connectivity index (χ3v) is 12.8. The Morgan fingerprint density at radius 2 is 1.72 bits per heavy atom. The topological polar surface area (TPSA) is 179 Å². The number of rotatable bonds is 10. The Labute approximate surface area is 343 Å². The summed E-state index contributed by atoms with van der Waals surface area (Å²) in [7, 11) is 0. The number of imide groups is 1. The lowest BCUT2D eigenvalue weighted by Crippen LogP contribution is -2.52. The Balaban J connectivity index is 0.855. The van der Waals surface area contributed by atoms with Crippen molar-refractivity contribution in [1.29, 1.82) is 0 Å². The van der Waals surface area contributed by atoms with Crippen molar-refractivity contribution >= 4 is 69.7 Å². The second-order valence-electron chi connectivity index (χ2n) is 15.1. The first-order valence-corrected chi connectivity index (χ1v) is 20.5. The normalized spacial score (nSPS) is 19.2. The number of hydrogen-bond acceptors (Lipinski definition) is 11. The molecule has 58 heavy (non-hydrogen) atoms. The van der Waals surface area contributed by atoms with Gasteiger partial charge in [-0.3, -0.25) is 48.5 Å². The van der Waals surface area contributed by atoms with Crippen LogP contribution in [0, 0.1) is 20.8 Å². The number of Topliss-reactive ketones (excluding diaryl/α,β-unsaturated/α-hetero) is 1. The molecular weight excluding hydrogens is 782 g/mol. The van der Waals surface area contributed by atoms with E-state index in [1.165, 1.54) is 4.90 Å². The van der Waals surface area contributed by atoms with Crippen molar-refractivity contribution in [1.82, 2.24) is 34.8 Å². The summed E-state index contributed by atoms with van der Waals surface area (Å²) >= 11 is 7.90. The number of ketones is 1. The van der Waals surface area contributed by atoms with Crippen LogP contribution in [-0.2, 0) is 30.5 Å². The zero-order chi connectivity index (χ0) is 40.8. The van der Waals surface area contributed by atoms with E-state index >= 15 is 0 Å². The van der Waals surface area contributed by atoms with Gasteiger partial charge in [0.05, 0.1) is 12.3 Å². The van der Waals surface area contributed by atoms with Crippen LogP contribution in [0.5, 0.6) is 0 Å². The van der Waals surface area contributed by atoms with E-state index in [0.717, 1.165) is 38.1 Å². The van der Waals surface area contributed by atoms with Crippen molar-refractivity contribution in [2.45, 2.75) is 71.5 Å². The van der Waals surface area contributed by atoms with E-state index in [-0.39, 0.29) is 74.6 Å². The minimum atomic E-state index is -0.765. The SMILES string of the molecule is Cc1sc2c(c1C)C(c1ccc(Cl)cc1)=N[C@@H](CC(=O)CN1CCN(C(=O)CCC(=O)Nc3cccc4c3CN(C3CCC(=O)NC3=O)C4=O)CC1)c1nnc(C)n1-2. The van der Waals surface area contributed by atoms with E-state index < -0.39 is 18.0 Å². The number of benzene rings is 2. The third-order valence-electron chi connectivity index (χ3n) is 11.3. The maximum Gasteiger partial charge on any atom is 0.255 e. The standard InChI is InChI=1S/C41H42ClN9O6S/c1-22-23(2)58-41-36(22)37(25-7-9-26(42)10-8-25)44-31(38-47-46-24(3)51(38)41)19-27(52)20-48-15-17-49(18-16-48)35(55)14-13-33(53)43-30-6-4-5-28-29(30)21-50(40(28)57)32-11-12-34(54)45-39(32)56/h4-10,31-32H,11-21H2,1-3H3,(H,43,53)(H,45,54,56)/t31-,32?/m0/s1. The predicted molar refractivity (Wildman–Crippen MR) is 216 cm³/mol. The summed E-state index contributed by atoms with van der Waals surface area (Å²) in [6.07, 6.45) is 0.460. The van der Waals surface area contributed by atoms with Crippen molar-refractivity contribution in [3.63, 3.8) is 0 Å². The Morgan fingerprint density at radius 3 is 2.47 bits per heavy atom. The molecule has 0 bridgehead atoms. The first kappa shape index (κ1) is 39.3. The number of anilines is 1. The smallest absolute Gasteiger partial charge is 0.255 e. The van der Waals surface area contributed by atoms with Crippen molar-refractivity contribution < 1.29 is 28.8 Å². The Kier molecular flexibility index (Phi) is 10.8. The average Bonchev–Trinajstić information content (AvgIpc) is 3.81. The van der Waals surface area contributed by atoms with E-state index in [2.05, 4.69) is 34.7 Å². The summed E-state index contributed by atoms with van der Waals surface area (Å²) in [4.78, 5) is 88.8. The molecule has 2 aromatic carbocycles. The molecule has 2 aromatic heterocycles.